The largest absolute Gasteiger partial charge is 0.457 e. The molecule has 1 aliphatic heterocycles. The highest BCUT2D eigenvalue weighted by Crippen LogP contribution is 2.23. The van der Waals surface area contributed by atoms with Gasteiger partial charge < -0.3 is 10.5 Å². The van der Waals surface area contributed by atoms with E-state index in [1.807, 2.05) is 12.1 Å². The fraction of sp³-hybridized carbons (Fsp3) is 0.182. The van der Waals surface area contributed by atoms with Crippen molar-refractivity contribution in [2.75, 3.05) is 0 Å². The molecule has 72 valence electrons. The Morgan fingerprint density at radius 3 is 3.07 bits per heavy atom. The molecule has 0 aromatic heterocycles. The van der Waals surface area contributed by atoms with Crippen molar-refractivity contribution in [1.82, 2.24) is 0 Å². The number of carbonyl (C=O) groups is 1. The Balaban J connectivity index is 2.41. The topological polar surface area (TPSA) is 52.3 Å². The maximum Gasteiger partial charge on any atom is 0.338 e. The van der Waals surface area contributed by atoms with Gasteiger partial charge in [-0.25, -0.2) is 4.79 Å². The van der Waals surface area contributed by atoms with Gasteiger partial charge in [-0.1, -0.05) is 12.1 Å². The summed E-state index contributed by atoms with van der Waals surface area (Å²) in [5.41, 5.74) is 8.29. The Morgan fingerprint density at radius 1 is 1.57 bits per heavy atom. The molecule has 3 nitrogen and oxygen atoms in total. The fourth-order valence-corrected chi connectivity index (χ4v) is 1.50. The predicted octanol–water partition coefficient (Wildman–Crippen LogP) is 1.54. The van der Waals surface area contributed by atoms with Crippen LogP contribution in [0, 0.1) is 0 Å². The second-order valence-corrected chi connectivity index (χ2v) is 3.25. The van der Waals surface area contributed by atoms with Gasteiger partial charge in [0.1, 0.15) is 6.61 Å². The third-order valence-corrected chi connectivity index (χ3v) is 2.35. The van der Waals surface area contributed by atoms with Crippen LogP contribution < -0.4 is 5.73 Å². The van der Waals surface area contributed by atoms with E-state index < -0.39 is 0 Å². The Bertz CT molecular complexity index is 398. The smallest absolute Gasteiger partial charge is 0.338 e. The highest BCUT2D eigenvalue weighted by Gasteiger charge is 2.21. The molecule has 1 aromatic rings. The first-order valence-electron chi connectivity index (χ1n) is 4.40. The standard InChI is InChI=1S/C11H11NO2/c1-2-10(12)7-3-4-9-8(5-7)6-14-11(9)13/h2-5,10H,1,6,12H2. The minimum Gasteiger partial charge on any atom is -0.457 e. The van der Waals surface area contributed by atoms with E-state index in [9.17, 15) is 4.79 Å². The summed E-state index contributed by atoms with van der Waals surface area (Å²) in [5, 5.41) is 0. The van der Waals surface area contributed by atoms with Crippen LogP contribution in [-0.4, -0.2) is 5.97 Å². The SMILES string of the molecule is C=CC(N)c1ccc2c(c1)COC2=O. The lowest BCUT2D eigenvalue weighted by Gasteiger charge is -2.06. The molecule has 2 N–H and O–H groups in total. The first kappa shape index (κ1) is 8.97. The molecule has 0 amide bonds. The van der Waals surface area contributed by atoms with Gasteiger partial charge in [0.05, 0.1) is 5.56 Å². The molecule has 0 aliphatic carbocycles. The Morgan fingerprint density at radius 2 is 2.36 bits per heavy atom. The third kappa shape index (κ3) is 1.32. The van der Waals surface area contributed by atoms with Crippen molar-refractivity contribution in [2.24, 2.45) is 5.73 Å². The summed E-state index contributed by atoms with van der Waals surface area (Å²) in [7, 11) is 0. The van der Waals surface area contributed by atoms with E-state index in [2.05, 4.69) is 6.58 Å². The van der Waals surface area contributed by atoms with Crippen LogP contribution in [0.15, 0.2) is 30.9 Å². The van der Waals surface area contributed by atoms with E-state index in [-0.39, 0.29) is 12.0 Å². The van der Waals surface area contributed by atoms with E-state index >= 15 is 0 Å². The zero-order valence-electron chi connectivity index (χ0n) is 7.69. The number of rotatable bonds is 2. The van der Waals surface area contributed by atoms with Crippen molar-refractivity contribution < 1.29 is 9.53 Å². The molecule has 1 aliphatic rings. The lowest BCUT2D eigenvalue weighted by molar-refractivity contribution is 0.0535. The molecule has 0 fully saturated rings. The van der Waals surface area contributed by atoms with Gasteiger partial charge in [-0.05, 0) is 17.7 Å². The van der Waals surface area contributed by atoms with Crippen LogP contribution >= 0.6 is 0 Å². The average Bonchev–Trinajstić information content (AvgIpc) is 2.59. The van der Waals surface area contributed by atoms with Gasteiger partial charge in [0.15, 0.2) is 0 Å². The van der Waals surface area contributed by atoms with E-state index in [0.717, 1.165) is 11.1 Å². The Labute approximate surface area is 82.2 Å². The summed E-state index contributed by atoms with van der Waals surface area (Å²) in [6, 6.07) is 5.30. The van der Waals surface area contributed by atoms with Gasteiger partial charge in [0, 0.05) is 11.6 Å². The molecule has 1 unspecified atom stereocenters. The summed E-state index contributed by atoms with van der Waals surface area (Å²) in [5.74, 6) is -0.251. The summed E-state index contributed by atoms with van der Waals surface area (Å²) in [4.78, 5) is 11.1. The van der Waals surface area contributed by atoms with Crippen LogP contribution in [0.5, 0.6) is 0 Å². The van der Waals surface area contributed by atoms with Crippen molar-refractivity contribution in [3.63, 3.8) is 0 Å². The highest BCUT2D eigenvalue weighted by molar-refractivity contribution is 5.93. The van der Waals surface area contributed by atoms with Crippen LogP contribution in [0.4, 0.5) is 0 Å². The van der Waals surface area contributed by atoms with E-state index in [1.165, 1.54) is 0 Å². The first-order chi connectivity index (χ1) is 6.72. The van der Waals surface area contributed by atoms with E-state index in [1.54, 1.807) is 12.1 Å². The minimum absolute atomic E-state index is 0.184. The van der Waals surface area contributed by atoms with Gasteiger partial charge in [0.2, 0.25) is 0 Å². The van der Waals surface area contributed by atoms with E-state index in [4.69, 9.17) is 10.5 Å². The average molecular weight is 189 g/mol. The molecule has 1 aromatic carbocycles. The number of ether oxygens (including phenoxy) is 1. The number of carbonyl (C=O) groups excluding carboxylic acids is 1. The van der Waals surface area contributed by atoms with Gasteiger partial charge in [-0.2, -0.15) is 0 Å². The molecule has 0 bridgehead atoms. The lowest BCUT2D eigenvalue weighted by Crippen LogP contribution is -2.07. The van der Waals surface area contributed by atoms with Crippen molar-refractivity contribution in [3.8, 4) is 0 Å². The summed E-state index contributed by atoms with van der Waals surface area (Å²) in [6.45, 7) is 3.98. The summed E-state index contributed by atoms with van der Waals surface area (Å²) >= 11 is 0. The normalized spacial score (nSPS) is 15.9. The van der Waals surface area contributed by atoms with Crippen LogP contribution in [0.2, 0.25) is 0 Å². The highest BCUT2D eigenvalue weighted by atomic mass is 16.5. The molecule has 1 heterocycles. The number of fused-ring (bicyclic) bond motifs is 1. The molecule has 0 saturated carbocycles. The summed E-state index contributed by atoms with van der Waals surface area (Å²) in [6.07, 6.45) is 1.67. The number of nitrogens with two attached hydrogens (primary N) is 1. The van der Waals surface area contributed by atoms with Crippen molar-refractivity contribution >= 4 is 5.97 Å². The molecular weight excluding hydrogens is 178 g/mol. The molecule has 2 rings (SSSR count). The second-order valence-electron chi connectivity index (χ2n) is 3.25. The quantitative estimate of drug-likeness (QED) is 0.567. The maximum absolute atomic E-state index is 11.1. The number of hydrogen-bond acceptors (Lipinski definition) is 3. The molecule has 14 heavy (non-hydrogen) atoms. The maximum atomic E-state index is 11.1. The van der Waals surface area contributed by atoms with Gasteiger partial charge in [-0.15, -0.1) is 6.58 Å². The number of benzene rings is 1. The molecule has 1 atom stereocenters. The van der Waals surface area contributed by atoms with Crippen molar-refractivity contribution in [2.45, 2.75) is 12.6 Å². The van der Waals surface area contributed by atoms with E-state index in [0.29, 0.717) is 12.2 Å². The van der Waals surface area contributed by atoms with Gasteiger partial charge >= 0.3 is 5.97 Å². The first-order valence-corrected chi connectivity index (χ1v) is 4.40. The third-order valence-electron chi connectivity index (χ3n) is 2.35. The molecule has 0 spiro atoms. The monoisotopic (exact) mass is 189 g/mol. The minimum atomic E-state index is -0.251. The lowest BCUT2D eigenvalue weighted by atomic mass is 10.0. The second kappa shape index (κ2) is 3.27. The van der Waals surface area contributed by atoms with Crippen LogP contribution in [0.3, 0.4) is 0 Å². The fourth-order valence-electron chi connectivity index (χ4n) is 1.50. The molecule has 0 saturated heterocycles. The number of cyclic esters (lactones) is 1. The van der Waals surface area contributed by atoms with Gasteiger partial charge in [-0.3, -0.25) is 0 Å². The van der Waals surface area contributed by atoms with Crippen LogP contribution in [0.25, 0.3) is 0 Å². The van der Waals surface area contributed by atoms with Gasteiger partial charge in [0.25, 0.3) is 0 Å². The molecule has 3 heteroatoms. The van der Waals surface area contributed by atoms with Crippen LogP contribution in [0.1, 0.15) is 27.5 Å². The van der Waals surface area contributed by atoms with Crippen molar-refractivity contribution in [1.29, 1.82) is 0 Å². The number of esters is 1. The molecule has 0 radical (unpaired) electrons. The molecular formula is C11H11NO2. The van der Waals surface area contributed by atoms with Crippen molar-refractivity contribution in [3.05, 3.63) is 47.5 Å². The number of hydrogen-bond donors (Lipinski definition) is 1. The predicted molar refractivity (Wildman–Crippen MR) is 52.7 cm³/mol. The zero-order valence-corrected chi connectivity index (χ0v) is 7.69. The van der Waals surface area contributed by atoms with Crippen LogP contribution in [-0.2, 0) is 11.3 Å². The zero-order chi connectivity index (χ0) is 10.1. The Hall–Kier alpha value is -1.61. The Kier molecular flexibility index (Phi) is 2.09. The summed E-state index contributed by atoms with van der Waals surface area (Å²) < 4.78 is 4.89.